The Labute approximate surface area is 175 Å². The summed E-state index contributed by atoms with van der Waals surface area (Å²) in [5.74, 6) is 8.56. The standard InChI is InChI=1S/C24H35N3O2/c1-5-6-7-14-27(2)15-8-10-19-17-21-20(18-22(19)29-4)24(11-9-12-24)23(26-21)25-13-16-28-3/h17-18H,5-7,9,11-16H2,1-4H3,(H,25,26). The van der Waals surface area contributed by atoms with Crippen molar-refractivity contribution in [1.82, 2.24) is 10.2 Å². The van der Waals surface area contributed by atoms with E-state index in [4.69, 9.17) is 14.5 Å². The second kappa shape index (κ2) is 10.1. The molecule has 0 saturated heterocycles. The average Bonchev–Trinajstić information content (AvgIpc) is 3.01. The predicted molar refractivity (Wildman–Crippen MR) is 119 cm³/mol. The Balaban J connectivity index is 1.77. The van der Waals surface area contributed by atoms with Crippen molar-refractivity contribution in [3.8, 4) is 17.6 Å². The van der Waals surface area contributed by atoms with Crippen LogP contribution in [0, 0.1) is 11.8 Å². The zero-order valence-electron chi connectivity index (χ0n) is 18.4. The fourth-order valence-corrected chi connectivity index (χ4v) is 4.16. The lowest BCUT2D eigenvalue weighted by atomic mass is 9.64. The normalized spacial score (nSPS) is 16.1. The molecule has 5 heteroatoms. The lowest BCUT2D eigenvalue weighted by Crippen LogP contribution is -2.47. The minimum Gasteiger partial charge on any atom is -0.495 e. The Kier molecular flexibility index (Phi) is 7.57. The van der Waals surface area contributed by atoms with Crippen LogP contribution in [-0.4, -0.2) is 58.2 Å². The summed E-state index contributed by atoms with van der Waals surface area (Å²) in [6.45, 7) is 5.54. The third-order valence-electron chi connectivity index (χ3n) is 6.04. The molecule has 1 saturated carbocycles. The number of hydrogen-bond acceptors (Lipinski definition) is 5. The third-order valence-corrected chi connectivity index (χ3v) is 6.04. The monoisotopic (exact) mass is 397 g/mol. The highest BCUT2D eigenvalue weighted by Gasteiger charge is 2.48. The third kappa shape index (κ3) is 4.76. The van der Waals surface area contributed by atoms with Crippen LogP contribution in [0.25, 0.3) is 0 Å². The summed E-state index contributed by atoms with van der Waals surface area (Å²) in [6, 6.07) is 4.27. The van der Waals surface area contributed by atoms with Gasteiger partial charge in [0, 0.05) is 13.7 Å². The smallest absolute Gasteiger partial charge is 0.134 e. The number of hydrogen-bond donors (Lipinski definition) is 1. The van der Waals surface area contributed by atoms with E-state index in [0.29, 0.717) is 6.61 Å². The van der Waals surface area contributed by atoms with Crippen molar-refractivity contribution in [2.24, 2.45) is 4.99 Å². The highest BCUT2D eigenvalue weighted by atomic mass is 16.5. The number of ether oxygens (including phenoxy) is 2. The first-order chi connectivity index (χ1) is 14.1. The van der Waals surface area contributed by atoms with Crippen LogP contribution in [0.15, 0.2) is 17.1 Å². The van der Waals surface area contributed by atoms with Crippen LogP contribution in [0.1, 0.15) is 56.6 Å². The van der Waals surface area contributed by atoms with E-state index in [9.17, 15) is 0 Å². The second-order valence-electron chi connectivity index (χ2n) is 8.13. The Morgan fingerprint density at radius 2 is 2.07 bits per heavy atom. The van der Waals surface area contributed by atoms with Crippen LogP contribution in [0.5, 0.6) is 5.75 Å². The number of nitrogens with one attached hydrogen (secondary N) is 1. The zero-order valence-corrected chi connectivity index (χ0v) is 18.4. The zero-order chi connectivity index (χ0) is 20.7. The maximum Gasteiger partial charge on any atom is 0.134 e. The first-order valence-electron chi connectivity index (χ1n) is 10.9. The molecule has 5 nitrogen and oxygen atoms in total. The van der Waals surface area contributed by atoms with Crippen LogP contribution in [-0.2, 0) is 10.2 Å². The fourth-order valence-electron chi connectivity index (χ4n) is 4.16. The number of unbranched alkanes of at least 4 members (excludes halogenated alkanes) is 2. The number of nitrogens with zero attached hydrogens (tertiary/aromatic N) is 2. The van der Waals surface area contributed by atoms with Gasteiger partial charge in [-0.3, -0.25) is 4.90 Å². The second-order valence-corrected chi connectivity index (χ2v) is 8.13. The van der Waals surface area contributed by atoms with Crippen LogP contribution in [0.4, 0.5) is 5.69 Å². The Bertz CT molecular complexity index is 787. The first kappa shape index (κ1) is 21.7. The largest absolute Gasteiger partial charge is 0.495 e. The van der Waals surface area contributed by atoms with Crippen LogP contribution >= 0.6 is 0 Å². The van der Waals surface area contributed by atoms with Crippen molar-refractivity contribution in [2.45, 2.75) is 50.9 Å². The summed E-state index contributed by atoms with van der Waals surface area (Å²) < 4.78 is 10.9. The molecule has 3 rings (SSSR count). The number of benzene rings is 1. The topological polar surface area (TPSA) is 46.1 Å². The molecule has 1 aromatic carbocycles. The van der Waals surface area contributed by atoms with Gasteiger partial charge in [0.25, 0.3) is 0 Å². The average molecular weight is 398 g/mol. The molecule has 1 spiro atoms. The number of methoxy groups -OCH3 is 2. The maximum atomic E-state index is 5.70. The van der Waals surface area contributed by atoms with Gasteiger partial charge in [0.05, 0.1) is 36.9 Å². The van der Waals surface area contributed by atoms with Gasteiger partial charge in [-0.25, -0.2) is 4.99 Å². The molecule has 1 aliphatic carbocycles. The molecule has 0 bridgehead atoms. The molecule has 1 fully saturated rings. The summed E-state index contributed by atoms with van der Waals surface area (Å²) >= 11 is 0. The highest BCUT2D eigenvalue weighted by Crippen LogP contribution is 2.53. The maximum absolute atomic E-state index is 5.70. The van der Waals surface area contributed by atoms with E-state index in [1.165, 1.54) is 31.2 Å². The fraction of sp³-hybridized carbons (Fsp3) is 0.625. The summed E-state index contributed by atoms with van der Waals surface area (Å²) in [5.41, 5.74) is 3.26. The van der Waals surface area contributed by atoms with Gasteiger partial charge in [-0.1, -0.05) is 38.0 Å². The molecule has 2 aliphatic rings. The molecular weight excluding hydrogens is 362 g/mol. The van der Waals surface area contributed by atoms with E-state index < -0.39 is 0 Å². The summed E-state index contributed by atoms with van der Waals surface area (Å²) in [6.07, 6.45) is 7.25. The lowest BCUT2D eigenvalue weighted by molar-refractivity contribution is 0.202. The molecule has 0 amide bonds. The van der Waals surface area contributed by atoms with Crippen molar-refractivity contribution < 1.29 is 9.47 Å². The van der Waals surface area contributed by atoms with Crippen molar-refractivity contribution in [3.05, 3.63) is 23.3 Å². The van der Waals surface area contributed by atoms with Crippen molar-refractivity contribution >= 4 is 11.5 Å². The van der Waals surface area contributed by atoms with Gasteiger partial charge in [0.15, 0.2) is 0 Å². The molecule has 0 unspecified atom stereocenters. The van der Waals surface area contributed by atoms with Crippen LogP contribution < -0.4 is 10.1 Å². The molecule has 1 heterocycles. The number of amidine groups is 1. The molecule has 0 atom stereocenters. The molecule has 0 radical (unpaired) electrons. The van der Waals surface area contributed by atoms with Gasteiger partial charge in [0.1, 0.15) is 11.6 Å². The Morgan fingerprint density at radius 3 is 2.72 bits per heavy atom. The molecular formula is C24H35N3O2. The highest BCUT2D eigenvalue weighted by molar-refractivity contribution is 6.01. The number of fused-ring (bicyclic) bond motifs is 2. The first-order valence-corrected chi connectivity index (χ1v) is 10.9. The van der Waals surface area contributed by atoms with Gasteiger partial charge in [-0.15, -0.1) is 0 Å². The minimum atomic E-state index is 0.0296. The van der Waals surface area contributed by atoms with Crippen molar-refractivity contribution in [1.29, 1.82) is 0 Å². The van der Waals surface area contributed by atoms with Crippen molar-refractivity contribution in [2.75, 3.05) is 47.5 Å². The SMILES string of the molecule is CCCCCN(C)CC#Cc1cc2c(cc1OC)C1(CCC1)C(NCCOC)=N2. The van der Waals surface area contributed by atoms with Gasteiger partial charge in [-0.05, 0) is 50.6 Å². The van der Waals surface area contributed by atoms with Gasteiger partial charge in [0.2, 0.25) is 0 Å². The Hall–Kier alpha value is -2.03. The molecule has 1 aromatic rings. The molecule has 158 valence electrons. The summed E-state index contributed by atoms with van der Waals surface area (Å²) in [4.78, 5) is 7.22. The van der Waals surface area contributed by atoms with E-state index in [2.05, 4.69) is 48.2 Å². The van der Waals surface area contributed by atoms with E-state index in [0.717, 1.165) is 55.3 Å². The minimum absolute atomic E-state index is 0.0296. The Morgan fingerprint density at radius 1 is 1.24 bits per heavy atom. The molecule has 1 aliphatic heterocycles. The quantitative estimate of drug-likeness (QED) is 0.508. The summed E-state index contributed by atoms with van der Waals surface area (Å²) in [5, 5.41) is 3.50. The molecule has 1 N–H and O–H groups in total. The van der Waals surface area contributed by atoms with Gasteiger partial charge in [-0.2, -0.15) is 0 Å². The van der Waals surface area contributed by atoms with E-state index in [1.54, 1.807) is 14.2 Å². The van der Waals surface area contributed by atoms with E-state index in [-0.39, 0.29) is 5.41 Å². The van der Waals surface area contributed by atoms with Crippen molar-refractivity contribution in [3.63, 3.8) is 0 Å². The van der Waals surface area contributed by atoms with E-state index >= 15 is 0 Å². The van der Waals surface area contributed by atoms with Gasteiger partial charge >= 0.3 is 0 Å². The summed E-state index contributed by atoms with van der Waals surface area (Å²) in [7, 11) is 5.58. The van der Waals surface area contributed by atoms with Crippen LogP contribution in [0.2, 0.25) is 0 Å². The number of aliphatic imine (C=N–C) groups is 1. The predicted octanol–water partition coefficient (Wildman–Crippen LogP) is 3.87. The number of rotatable bonds is 9. The van der Waals surface area contributed by atoms with Gasteiger partial charge < -0.3 is 14.8 Å². The molecule has 29 heavy (non-hydrogen) atoms. The molecule has 0 aromatic heterocycles. The lowest BCUT2D eigenvalue weighted by Gasteiger charge is -2.40. The van der Waals surface area contributed by atoms with E-state index in [1.807, 2.05) is 0 Å². The van der Waals surface area contributed by atoms with Crippen LogP contribution in [0.3, 0.4) is 0 Å².